The standard InChI is InChI=1S/C13H19NO4/c1-14-8-9-4-3-5-10(6-9)13(17)11(15)7-12(16)18-2/h3-6,11,13-15,17H,7-8H2,1-2H3. The van der Waals surface area contributed by atoms with Gasteiger partial charge in [0.2, 0.25) is 0 Å². The van der Waals surface area contributed by atoms with Crippen molar-refractivity contribution in [2.45, 2.75) is 25.2 Å². The average Bonchev–Trinajstić information content (AvgIpc) is 2.38. The molecule has 1 aromatic carbocycles. The number of methoxy groups -OCH3 is 1. The van der Waals surface area contributed by atoms with Crippen LogP contribution >= 0.6 is 0 Å². The molecule has 0 fully saturated rings. The van der Waals surface area contributed by atoms with Crippen LogP contribution in [0.2, 0.25) is 0 Å². The van der Waals surface area contributed by atoms with Gasteiger partial charge in [-0.15, -0.1) is 0 Å². The quantitative estimate of drug-likeness (QED) is 0.638. The molecule has 0 aromatic heterocycles. The number of esters is 1. The van der Waals surface area contributed by atoms with E-state index < -0.39 is 18.2 Å². The molecule has 0 aliphatic heterocycles. The highest BCUT2D eigenvalue weighted by Gasteiger charge is 2.21. The summed E-state index contributed by atoms with van der Waals surface area (Å²) in [6.07, 6.45) is -2.49. The Morgan fingerprint density at radius 1 is 1.44 bits per heavy atom. The lowest BCUT2D eigenvalue weighted by Crippen LogP contribution is -2.22. The number of carbonyl (C=O) groups excluding carboxylic acids is 1. The number of hydrogen-bond donors (Lipinski definition) is 3. The lowest BCUT2D eigenvalue weighted by Gasteiger charge is -2.17. The molecule has 5 heteroatoms. The summed E-state index contributed by atoms with van der Waals surface area (Å²) in [5, 5.41) is 22.7. The van der Waals surface area contributed by atoms with E-state index in [1.54, 1.807) is 18.2 Å². The van der Waals surface area contributed by atoms with Crippen LogP contribution in [-0.4, -0.2) is 36.4 Å². The topological polar surface area (TPSA) is 78.8 Å². The number of nitrogens with one attached hydrogen (secondary N) is 1. The molecule has 1 rings (SSSR count). The van der Waals surface area contributed by atoms with Crippen molar-refractivity contribution in [3.63, 3.8) is 0 Å². The molecule has 0 amide bonds. The first-order valence-corrected chi connectivity index (χ1v) is 5.75. The Balaban J connectivity index is 2.73. The number of benzene rings is 1. The number of aliphatic hydroxyl groups excluding tert-OH is 2. The van der Waals surface area contributed by atoms with Gasteiger partial charge in [-0.25, -0.2) is 0 Å². The fourth-order valence-corrected chi connectivity index (χ4v) is 1.68. The van der Waals surface area contributed by atoms with Crippen molar-refractivity contribution >= 4 is 5.97 Å². The number of ether oxygens (including phenoxy) is 1. The number of carbonyl (C=O) groups is 1. The molecular formula is C13H19NO4. The highest BCUT2D eigenvalue weighted by molar-refractivity contribution is 5.69. The summed E-state index contributed by atoms with van der Waals surface area (Å²) in [5.41, 5.74) is 1.58. The smallest absolute Gasteiger partial charge is 0.308 e. The zero-order valence-corrected chi connectivity index (χ0v) is 10.6. The normalized spacial score (nSPS) is 14.0. The molecule has 0 aliphatic carbocycles. The molecular weight excluding hydrogens is 234 g/mol. The minimum Gasteiger partial charge on any atom is -0.469 e. The van der Waals surface area contributed by atoms with Crippen molar-refractivity contribution in [3.05, 3.63) is 35.4 Å². The van der Waals surface area contributed by atoms with Crippen molar-refractivity contribution in [1.82, 2.24) is 5.32 Å². The van der Waals surface area contributed by atoms with Gasteiger partial charge in [0, 0.05) is 6.54 Å². The molecule has 0 bridgehead atoms. The molecule has 2 unspecified atom stereocenters. The van der Waals surface area contributed by atoms with Gasteiger partial charge in [-0.05, 0) is 18.2 Å². The van der Waals surface area contributed by atoms with E-state index in [1.165, 1.54) is 7.11 Å². The fraction of sp³-hybridized carbons (Fsp3) is 0.462. The van der Waals surface area contributed by atoms with E-state index in [4.69, 9.17) is 0 Å². The Morgan fingerprint density at radius 3 is 2.78 bits per heavy atom. The Bertz CT molecular complexity index is 394. The Hall–Kier alpha value is -1.43. The second-order valence-corrected chi connectivity index (χ2v) is 4.07. The monoisotopic (exact) mass is 253 g/mol. The third kappa shape index (κ3) is 4.10. The van der Waals surface area contributed by atoms with Crippen LogP contribution in [0.1, 0.15) is 23.7 Å². The molecule has 0 saturated heterocycles. The predicted molar refractivity (Wildman–Crippen MR) is 66.8 cm³/mol. The summed E-state index contributed by atoms with van der Waals surface area (Å²) in [4.78, 5) is 11.0. The predicted octanol–water partition coefficient (Wildman–Crippen LogP) is 0.363. The number of aliphatic hydroxyl groups is 2. The van der Waals surface area contributed by atoms with E-state index in [9.17, 15) is 15.0 Å². The summed E-state index contributed by atoms with van der Waals surface area (Å²) in [5.74, 6) is -0.548. The highest BCUT2D eigenvalue weighted by Crippen LogP contribution is 2.20. The van der Waals surface area contributed by atoms with Crippen LogP contribution in [0.15, 0.2) is 24.3 Å². The van der Waals surface area contributed by atoms with Crippen LogP contribution in [0, 0.1) is 0 Å². The van der Waals surface area contributed by atoms with Gasteiger partial charge in [0.05, 0.1) is 19.6 Å². The summed E-state index contributed by atoms with van der Waals surface area (Å²) in [7, 11) is 3.07. The van der Waals surface area contributed by atoms with Gasteiger partial charge in [0.25, 0.3) is 0 Å². The zero-order valence-electron chi connectivity index (χ0n) is 10.6. The molecule has 18 heavy (non-hydrogen) atoms. The van der Waals surface area contributed by atoms with Crippen molar-refractivity contribution in [1.29, 1.82) is 0 Å². The molecule has 0 spiro atoms. The van der Waals surface area contributed by atoms with Gasteiger partial charge < -0.3 is 20.3 Å². The number of hydrogen-bond acceptors (Lipinski definition) is 5. The lowest BCUT2D eigenvalue weighted by atomic mass is 10.00. The fourth-order valence-electron chi connectivity index (χ4n) is 1.68. The molecule has 1 aromatic rings. The largest absolute Gasteiger partial charge is 0.469 e. The van der Waals surface area contributed by atoms with E-state index >= 15 is 0 Å². The summed E-state index contributed by atoms with van der Waals surface area (Å²) in [6, 6.07) is 7.22. The second kappa shape index (κ2) is 7.10. The van der Waals surface area contributed by atoms with Crippen LogP contribution in [-0.2, 0) is 16.1 Å². The first-order valence-electron chi connectivity index (χ1n) is 5.75. The maximum absolute atomic E-state index is 11.0. The molecule has 100 valence electrons. The maximum atomic E-state index is 11.0. The van der Waals surface area contributed by atoms with E-state index in [-0.39, 0.29) is 6.42 Å². The Labute approximate surface area is 106 Å². The van der Waals surface area contributed by atoms with E-state index in [2.05, 4.69) is 10.1 Å². The van der Waals surface area contributed by atoms with Gasteiger partial charge in [0.15, 0.2) is 0 Å². The Kier molecular flexibility index (Phi) is 5.77. The van der Waals surface area contributed by atoms with Crippen molar-refractivity contribution in [2.24, 2.45) is 0 Å². The van der Waals surface area contributed by atoms with Crippen LogP contribution in [0.3, 0.4) is 0 Å². The minimum absolute atomic E-state index is 0.228. The van der Waals surface area contributed by atoms with Crippen molar-refractivity contribution in [3.8, 4) is 0 Å². The molecule has 2 atom stereocenters. The lowest BCUT2D eigenvalue weighted by molar-refractivity contribution is -0.144. The van der Waals surface area contributed by atoms with Gasteiger partial charge in [-0.3, -0.25) is 4.79 Å². The molecule has 3 N–H and O–H groups in total. The van der Waals surface area contributed by atoms with Crippen LogP contribution in [0.4, 0.5) is 0 Å². The first kappa shape index (κ1) is 14.6. The second-order valence-electron chi connectivity index (χ2n) is 4.07. The average molecular weight is 253 g/mol. The summed E-state index contributed by atoms with van der Waals surface area (Å²) in [6.45, 7) is 0.674. The maximum Gasteiger partial charge on any atom is 0.308 e. The van der Waals surface area contributed by atoms with Gasteiger partial charge in [0.1, 0.15) is 6.10 Å². The molecule has 0 radical (unpaired) electrons. The van der Waals surface area contributed by atoms with E-state index in [0.717, 1.165) is 5.56 Å². The van der Waals surface area contributed by atoms with Crippen LogP contribution < -0.4 is 5.32 Å². The van der Waals surface area contributed by atoms with E-state index in [1.807, 2.05) is 13.1 Å². The van der Waals surface area contributed by atoms with Gasteiger partial charge in [-0.1, -0.05) is 24.3 Å². The van der Waals surface area contributed by atoms with Gasteiger partial charge >= 0.3 is 5.97 Å². The third-order valence-corrected chi connectivity index (χ3v) is 2.64. The molecule has 0 heterocycles. The van der Waals surface area contributed by atoms with Crippen LogP contribution in [0.25, 0.3) is 0 Å². The molecule has 5 nitrogen and oxygen atoms in total. The van der Waals surface area contributed by atoms with Crippen molar-refractivity contribution < 1.29 is 19.7 Å². The summed E-state index contributed by atoms with van der Waals surface area (Å²) < 4.78 is 4.45. The van der Waals surface area contributed by atoms with Crippen molar-refractivity contribution in [2.75, 3.05) is 14.2 Å². The van der Waals surface area contributed by atoms with Gasteiger partial charge in [-0.2, -0.15) is 0 Å². The number of rotatable bonds is 6. The zero-order chi connectivity index (χ0) is 13.5. The minimum atomic E-state index is -1.16. The van der Waals surface area contributed by atoms with E-state index in [0.29, 0.717) is 12.1 Å². The summed E-state index contributed by atoms with van der Waals surface area (Å²) >= 11 is 0. The molecule has 0 aliphatic rings. The molecule has 0 saturated carbocycles. The van der Waals surface area contributed by atoms with Crippen LogP contribution in [0.5, 0.6) is 0 Å². The SMILES string of the molecule is CNCc1cccc(C(O)C(O)CC(=O)OC)c1. The Morgan fingerprint density at radius 2 is 2.17 bits per heavy atom. The third-order valence-electron chi connectivity index (χ3n) is 2.64. The highest BCUT2D eigenvalue weighted by atomic mass is 16.5. The first-order chi connectivity index (χ1) is 8.58.